The number of methoxy groups -OCH3 is 1. The number of hydrogen-bond donors (Lipinski definition) is 5. The van der Waals surface area contributed by atoms with Gasteiger partial charge in [0.2, 0.25) is 6.29 Å². The maximum absolute atomic E-state index is 12.0. The Hall–Kier alpha value is -1.91. The van der Waals surface area contributed by atoms with E-state index in [4.69, 9.17) is 19.3 Å². The number of hydrogen-bond acceptors (Lipinski definition) is 9. The van der Waals surface area contributed by atoms with Gasteiger partial charge in [0, 0.05) is 0 Å². The van der Waals surface area contributed by atoms with Gasteiger partial charge in [-0.05, 0) is 18.2 Å². The van der Waals surface area contributed by atoms with E-state index in [0.29, 0.717) is 0 Å². The van der Waals surface area contributed by atoms with E-state index in [1.54, 1.807) is 0 Å². The Bertz CT molecular complexity index is 559. The van der Waals surface area contributed by atoms with Crippen LogP contribution >= 0.6 is 0 Å². The van der Waals surface area contributed by atoms with Crippen molar-refractivity contribution < 1.29 is 44.5 Å². The highest BCUT2D eigenvalue weighted by atomic mass is 16.7. The average molecular weight is 330 g/mol. The van der Waals surface area contributed by atoms with Crippen LogP contribution in [0, 0.1) is 0 Å². The molecule has 23 heavy (non-hydrogen) atoms. The zero-order valence-corrected chi connectivity index (χ0v) is 12.2. The highest BCUT2D eigenvalue weighted by Crippen LogP contribution is 2.28. The molecule has 1 aromatic carbocycles. The highest BCUT2D eigenvalue weighted by Gasteiger charge is 2.45. The third-order valence-corrected chi connectivity index (χ3v) is 3.49. The zero-order valence-electron chi connectivity index (χ0n) is 12.2. The molecule has 0 bridgehead atoms. The topological polar surface area (TPSA) is 146 Å². The Balaban J connectivity index is 2.11. The Kier molecular flexibility index (Phi) is 5.39. The van der Waals surface area contributed by atoms with Crippen LogP contribution in [0.3, 0.4) is 0 Å². The molecule has 0 amide bonds. The van der Waals surface area contributed by atoms with E-state index >= 15 is 0 Å². The minimum atomic E-state index is -1.69. The monoisotopic (exact) mass is 330 g/mol. The van der Waals surface area contributed by atoms with Crippen LogP contribution in [-0.2, 0) is 9.47 Å². The van der Waals surface area contributed by atoms with Gasteiger partial charge >= 0.3 is 5.97 Å². The van der Waals surface area contributed by atoms with E-state index in [9.17, 15) is 25.2 Å². The zero-order chi connectivity index (χ0) is 17.1. The van der Waals surface area contributed by atoms with Gasteiger partial charge in [0.05, 0.1) is 19.3 Å². The Labute approximate surface area is 131 Å². The SMILES string of the molecule is COc1ccc(C(=O)O[C@@H]2O[C@H](CO)[C@@H](O)[C@H](O)[C@H]2O)cc1O. The molecule has 128 valence electrons. The predicted octanol–water partition coefficient (Wildman–Crippen LogP) is -1.64. The number of carbonyl (C=O) groups excluding carboxylic acids is 1. The molecule has 1 heterocycles. The van der Waals surface area contributed by atoms with Gasteiger partial charge in [-0.1, -0.05) is 0 Å². The van der Waals surface area contributed by atoms with Crippen LogP contribution in [0.5, 0.6) is 11.5 Å². The third kappa shape index (κ3) is 3.54. The molecule has 9 nitrogen and oxygen atoms in total. The minimum absolute atomic E-state index is 0.0414. The number of esters is 1. The lowest BCUT2D eigenvalue weighted by Crippen LogP contribution is -2.59. The number of phenols is 1. The van der Waals surface area contributed by atoms with Crippen LogP contribution in [0.15, 0.2) is 18.2 Å². The molecule has 0 spiro atoms. The van der Waals surface area contributed by atoms with Crippen LogP contribution < -0.4 is 4.74 Å². The van der Waals surface area contributed by atoms with E-state index in [2.05, 4.69) is 0 Å². The lowest BCUT2D eigenvalue weighted by Gasteiger charge is -2.39. The summed E-state index contributed by atoms with van der Waals surface area (Å²) < 4.78 is 14.8. The normalized spacial score (nSPS) is 30.7. The molecule has 0 radical (unpaired) electrons. The first kappa shape index (κ1) is 17.4. The van der Waals surface area contributed by atoms with Gasteiger partial charge < -0.3 is 39.7 Å². The van der Waals surface area contributed by atoms with Crippen LogP contribution in [0.25, 0.3) is 0 Å². The smallest absolute Gasteiger partial charge is 0.340 e. The van der Waals surface area contributed by atoms with Crippen LogP contribution in [0.1, 0.15) is 10.4 Å². The molecule has 1 aromatic rings. The van der Waals surface area contributed by atoms with Crippen LogP contribution in [0.4, 0.5) is 0 Å². The second kappa shape index (κ2) is 7.11. The molecular formula is C14H18O9. The number of aliphatic hydroxyl groups excluding tert-OH is 4. The maximum Gasteiger partial charge on any atom is 0.340 e. The van der Waals surface area contributed by atoms with Crippen molar-refractivity contribution in [2.75, 3.05) is 13.7 Å². The minimum Gasteiger partial charge on any atom is -0.504 e. The van der Waals surface area contributed by atoms with Gasteiger partial charge in [-0.15, -0.1) is 0 Å². The van der Waals surface area contributed by atoms with Crippen molar-refractivity contribution in [3.63, 3.8) is 0 Å². The molecule has 0 saturated carbocycles. The molecule has 5 N–H and O–H groups in total. The number of rotatable bonds is 4. The van der Waals surface area contributed by atoms with Gasteiger partial charge in [-0.25, -0.2) is 4.79 Å². The van der Waals surface area contributed by atoms with E-state index in [1.807, 2.05) is 0 Å². The molecule has 1 aliphatic heterocycles. The summed E-state index contributed by atoms with van der Waals surface area (Å²) >= 11 is 0. The fourth-order valence-electron chi connectivity index (χ4n) is 2.16. The quantitative estimate of drug-likeness (QED) is 0.410. The molecule has 0 unspecified atom stereocenters. The van der Waals surface area contributed by atoms with E-state index in [-0.39, 0.29) is 17.1 Å². The molecule has 0 aromatic heterocycles. The molecule has 2 rings (SSSR count). The molecule has 5 atom stereocenters. The summed E-state index contributed by atoms with van der Waals surface area (Å²) in [4.78, 5) is 12.0. The van der Waals surface area contributed by atoms with E-state index in [1.165, 1.54) is 19.2 Å². The summed E-state index contributed by atoms with van der Waals surface area (Å²) in [6.45, 7) is -0.637. The van der Waals surface area contributed by atoms with Gasteiger partial charge in [0.15, 0.2) is 11.5 Å². The summed E-state index contributed by atoms with van der Waals surface area (Å²) in [6, 6.07) is 3.77. The molecular weight excluding hydrogens is 312 g/mol. The largest absolute Gasteiger partial charge is 0.504 e. The lowest BCUT2D eigenvalue weighted by molar-refractivity contribution is -0.285. The summed E-state index contributed by atoms with van der Waals surface area (Å²) in [5.74, 6) is -1.06. The van der Waals surface area contributed by atoms with Gasteiger partial charge in [-0.2, -0.15) is 0 Å². The Morgan fingerprint density at radius 2 is 1.91 bits per heavy atom. The molecule has 1 fully saturated rings. The molecule has 9 heteroatoms. The summed E-state index contributed by atoms with van der Waals surface area (Å²) in [6.07, 6.45) is -7.65. The summed E-state index contributed by atoms with van der Waals surface area (Å²) in [5.41, 5.74) is -0.0414. The van der Waals surface area contributed by atoms with Crippen molar-refractivity contribution in [1.29, 1.82) is 0 Å². The average Bonchev–Trinajstić information content (AvgIpc) is 2.55. The van der Waals surface area contributed by atoms with Crippen LogP contribution in [0.2, 0.25) is 0 Å². The Morgan fingerprint density at radius 3 is 2.48 bits per heavy atom. The number of ether oxygens (including phenoxy) is 3. The van der Waals surface area contributed by atoms with Crippen molar-refractivity contribution in [2.45, 2.75) is 30.7 Å². The number of aromatic hydroxyl groups is 1. The van der Waals surface area contributed by atoms with Crippen molar-refractivity contribution in [2.24, 2.45) is 0 Å². The van der Waals surface area contributed by atoms with Crippen molar-refractivity contribution in [3.8, 4) is 11.5 Å². The molecule has 1 aliphatic rings. The number of phenolic OH excluding ortho intramolecular Hbond substituents is 1. The first-order valence-electron chi connectivity index (χ1n) is 6.77. The second-order valence-electron chi connectivity index (χ2n) is 4.99. The van der Waals surface area contributed by atoms with Gasteiger partial charge in [0.1, 0.15) is 24.4 Å². The summed E-state index contributed by atoms with van der Waals surface area (Å²) in [5, 5.41) is 47.8. The predicted molar refractivity (Wildman–Crippen MR) is 73.8 cm³/mol. The number of aliphatic hydroxyl groups is 4. The fraction of sp³-hybridized carbons (Fsp3) is 0.500. The standard InChI is InChI=1S/C14H18O9/c1-21-8-3-2-6(4-7(8)16)13(20)23-14-12(19)11(18)10(17)9(5-15)22-14/h2-4,9-12,14-19H,5H2,1H3/t9-,10-,11+,12-,14+/m1/s1. The number of benzene rings is 1. The lowest BCUT2D eigenvalue weighted by atomic mass is 9.99. The second-order valence-corrected chi connectivity index (χ2v) is 4.99. The van der Waals surface area contributed by atoms with Gasteiger partial charge in [0.25, 0.3) is 0 Å². The maximum atomic E-state index is 12.0. The van der Waals surface area contributed by atoms with Crippen molar-refractivity contribution in [1.82, 2.24) is 0 Å². The van der Waals surface area contributed by atoms with Crippen molar-refractivity contribution in [3.05, 3.63) is 23.8 Å². The first-order chi connectivity index (χ1) is 10.9. The van der Waals surface area contributed by atoms with E-state index in [0.717, 1.165) is 6.07 Å². The van der Waals surface area contributed by atoms with Crippen LogP contribution in [-0.4, -0.2) is 75.9 Å². The van der Waals surface area contributed by atoms with Gasteiger partial charge in [-0.3, -0.25) is 0 Å². The summed E-state index contributed by atoms with van der Waals surface area (Å²) in [7, 11) is 1.35. The molecule has 0 aliphatic carbocycles. The fourth-order valence-corrected chi connectivity index (χ4v) is 2.16. The van der Waals surface area contributed by atoms with E-state index < -0.39 is 43.3 Å². The molecule has 1 saturated heterocycles. The third-order valence-electron chi connectivity index (χ3n) is 3.49. The highest BCUT2D eigenvalue weighted by molar-refractivity contribution is 5.90. The first-order valence-corrected chi connectivity index (χ1v) is 6.77. The van der Waals surface area contributed by atoms with Crippen molar-refractivity contribution >= 4 is 5.97 Å². The Morgan fingerprint density at radius 1 is 1.22 bits per heavy atom. The number of carbonyl (C=O) groups is 1.